The first-order chi connectivity index (χ1) is 37.2. The second kappa shape index (κ2) is 17.3. The minimum atomic E-state index is 0.538. The zero-order valence-corrected chi connectivity index (χ0v) is 40.6. The minimum Gasteiger partial charge on any atom is -0.309 e. The number of fused-ring (bicyclic) bond motifs is 9. The van der Waals surface area contributed by atoms with Crippen LogP contribution < -0.4 is 0 Å². The van der Waals surface area contributed by atoms with E-state index in [1.54, 1.807) is 0 Å². The van der Waals surface area contributed by atoms with Gasteiger partial charge in [-0.2, -0.15) is 9.97 Å². The predicted molar refractivity (Wildman–Crippen MR) is 310 cm³/mol. The molecule has 0 amide bonds. The largest absolute Gasteiger partial charge is 0.309 e. The molecule has 0 aliphatic rings. The quantitative estimate of drug-likeness (QED) is 0.152. The predicted octanol–water partition coefficient (Wildman–Crippen LogP) is 17.5. The molecule has 0 saturated carbocycles. The van der Waals surface area contributed by atoms with E-state index >= 15 is 0 Å². The SMILES string of the molecule is c1ccc(-c2ccc(-n3c4ccccc4c4ccccc43)c(-c3cccc(-c4nc(-c5cccc(-n6c7ccccc7c7ccccc76)c5)nc(-n5c6ccccc6c6ccc(-c7ccccc7)cc65)n4)c3)c2)cc1. The number of nitrogens with zero attached hydrogens (tertiary/aromatic N) is 6. The molecule has 6 heteroatoms. The molecule has 0 unspecified atom stereocenters. The van der Waals surface area contributed by atoms with E-state index in [9.17, 15) is 0 Å². The normalized spacial score (nSPS) is 11.7. The smallest absolute Gasteiger partial charge is 0.238 e. The molecule has 0 atom stereocenters. The van der Waals surface area contributed by atoms with Crippen molar-refractivity contribution in [3.05, 3.63) is 267 Å². The van der Waals surface area contributed by atoms with Crippen molar-refractivity contribution in [2.45, 2.75) is 0 Å². The molecule has 0 saturated heterocycles. The average molecular weight is 957 g/mol. The Morgan fingerprint density at radius 2 is 0.640 bits per heavy atom. The Balaban J connectivity index is 0.969. The summed E-state index contributed by atoms with van der Waals surface area (Å²) in [5.74, 6) is 1.68. The van der Waals surface area contributed by atoms with Crippen LogP contribution in [0.5, 0.6) is 0 Å². The van der Waals surface area contributed by atoms with E-state index in [0.29, 0.717) is 17.6 Å². The molecule has 11 aromatic carbocycles. The van der Waals surface area contributed by atoms with E-state index in [1.807, 2.05) is 0 Å². The molecule has 0 aliphatic carbocycles. The molecule has 4 heterocycles. The van der Waals surface area contributed by atoms with Gasteiger partial charge in [-0.3, -0.25) is 4.57 Å². The van der Waals surface area contributed by atoms with Crippen LogP contribution in [0.3, 0.4) is 0 Å². The van der Waals surface area contributed by atoms with Gasteiger partial charge >= 0.3 is 0 Å². The van der Waals surface area contributed by atoms with Crippen molar-refractivity contribution in [2.24, 2.45) is 0 Å². The number of hydrogen-bond acceptors (Lipinski definition) is 3. The van der Waals surface area contributed by atoms with Crippen LogP contribution in [0.4, 0.5) is 0 Å². The third-order valence-electron chi connectivity index (χ3n) is 14.9. The lowest BCUT2D eigenvalue weighted by Crippen LogP contribution is -2.07. The molecule has 6 nitrogen and oxygen atoms in total. The highest BCUT2D eigenvalue weighted by Gasteiger charge is 2.22. The Labute approximate surface area is 432 Å². The lowest BCUT2D eigenvalue weighted by molar-refractivity contribution is 0.953. The summed E-state index contributed by atoms with van der Waals surface area (Å²) in [7, 11) is 0. The number of aromatic nitrogens is 6. The van der Waals surface area contributed by atoms with E-state index in [0.717, 1.165) is 99.8 Å². The van der Waals surface area contributed by atoms with Crippen molar-refractivity contribution in [2.75, 3.05) is 0 Å². The highest BCUT2D eigenvalue weighted by molar-refractivity contribution is 6.12. The Morgan fingerprint density at radius 3 is 1.20 bits per heavy atom. The number of hydrogen-bond donors (Lipinski definition) is 0. The van der Waals surface area contributed by atoms with Gasteiger partial charge in [-0.1, -0.05) is 200 Å². The topological polar surface area (TPSA) is 53.5 Å². The van der Waals surface area contributed by atoms with Gasteiger partial charge in [0.05, 0.1) is 38.8 Å². The van der Waals surface area contributed by atoms with Crippen molar-refractivity contribution in [3.63, 3.8) is 0 Å². The maximum absolute atomic E-state index is 5.51. The monoisotopic (exact) mass is 956 g/mol. The van der Waals surface area contributed by atoms with Crippen molar-refractivity contribution in [3.8, 4) is 73.5 Å². The van der Waals surface area contributed by atoms with E-state index in [1.165, 1.54) is 21.5 Å². The molecule has 0 bridgehead atoms. The number of benzene rings is 11. The lowest BCUT2D eigenvalue weighted by Gasteiger charge is -2.17. The van der Waals surface area contributed by atoms with Gasteiger partial charge in [0.2, 0.25) is 5.95 Å². The maximum Gasteiger partial charge on any atom is 0.238 e. The van der Waals surface area contributed by atoms with Gasteiger partial charge in [0.25, 0.3) is 0 Å². The summed E-state index contributed by atoms with van der Waals surface area (Å²) in [5, 5.41) is 7.10. The highest BCUT2D eigenvalue weighted by atomic mass is 15.2. The molecule has 4 aromatic heterocycles. The highest BCUT2D eigenvalue weighted by Crippen LogP contribution is 2.41. The molecule has 15 aromatic rings. The van der Waals surface area contributed by atoms with Gasteiger partial charge in [0, 0.05) is 54.7 Å². The summed E-state index contributed by atoms with van der Waals surface area (Å²) in [6.07, 6.45) is 0. The Morgan fingerprint density at radius 1 is 0.227 bits per heavy atom. The van der Waals surface area contributed by atoms with Gasteiger partial charge in [-0.15, -0.1) is 0 Å². The van der Waals surface area contributed by atoms with E-state index in [4.69, 9.17) is 15.0 Å². The van der Waals surface area contributed by atoms with Crippen molar-refractivity contribution in [1.29, 1.82) is 0 Å². The molecule has 15 rings (SSSR count). The van der Waals surface area contributed by atoms with Crippen molar-refractivity contribution >= 4 is 65.4 Å². The fraction of sp³-hybridized carbons (Fsp3) is 0. The first-order valence-electron chi connectivity index (χ1n) is 25.4. The van der Waals surface area contributed by atoms with Crippen LogP contribution in [0.2, 0.25) is 0 Å². The molecule has 75 heavy (non-hydrogen) atoms. The van der Waals surface area contributed by atoms with Gasteiger partial charge in [0.1, 0.15) is 0 Å². The van der Waals surface area contributed by atoms with Crippen LogP contribution in [-0.4, -0.2) is 28.7 Å². The molecular weight excluding hydrogens is 913 g/mol. The fourth-order valence-electron chi connectivity index (χ4n) is 11.5. The van der Waals surface area contributed by atoms with Crippen LogP contribution in [0.15, 0.2) is 267 Å². The summed E-state index contributed by atoms with van der Waals surface area (Å²) in [5.41, 5.74) is 17.2. The Hall–Kier alpha value is -10.2. The summed E-state index contributed by atoms with van der Waals surface area (Å²) >= 11 is 0. The summed E-state index contributed by atoms with van der Waals surface area (Å²) in [4.78, 5) is 16.5. The first kappa shape index (κ1) is 42.5. The Kier molecular flexibility index (Phi) is 9.78. The summed E-state index contributed by atoms with van der Waals surface area (Å²) in [6, 6.07) is 95.3. The molecule has 0 spiro atoms. The zero-order valence-electron chi connectivity index (χ0n) is 40.6. The zero-order chi connectivity index (χ0) is 49.4. The van der Waals surface area contributed by atoms with Gasteiger partial charge < -0.3 is 9.13 Å². The molecule has 350 valence electrons. The lowest BCUT2D eigenvalue weighted by atomic mass is 9.96. The molecule has 0 aliphatic heterocycles. The fourth-order valence-corrected chi connectivity index (χ4v) is 11.5. The van der Waals surface area contributed by atoms with Crippen LogP contribution in [0.1, 0.15) is 0 Å². The van der Waals surface area contributed by atoms with Gasteiger partial charge in [0.15, 0.2) is 11.6 Å². The van der Waals surface area contributed by atoms with Gasteiger partial charge in [-0.25, -0.2) is 4.98 Å². The third-order valence-corrected chi connectivity index (χ3v) is 14.9. The molecule has 0 N–H and O–H groups in total. The Bertz CT molecular complexity index is 4610. The number of para-hydroxylation sites is 5. The van der Waals surface area contributed by atoms with Crippen molar-refractivity contribution < 1.29 is 0 Å². The second-order valence-corrected chi connectivity index (χ2v) is 19.2. The van der Waals surface area contributed by atoms with E-state index in [2.05, 4.69) is 281 Å². The maximum atomic E-state index is 5.51. The number of rotatable bonds is 8. The molecule has 0 radical (unpaired) electrons. The first-order valence-corrected chi connectivity index (χ1v) is 25.4. The van der Waals surface area contributed by atoms with Crippen LogP contribution in [-0.2, 0) is 0 Å². The van der Waals surface area contributed by atoms with Crippen LogP contribution in [0.25, 0.3) is 139 Å². The third kappa shape index (κ3) is 6.99. The van der Waals surface area contributed by atoms with Crippen molar-refractivity contribution in [1.82, 2.24) is 28.7 Å². The minimum absolute atomic E-state index is 0.538. The average Bonchev–Trinajstić information content (AvgIpc) is 4.18. The summed E-state index contributed by atoms with van der Waals surface area (Å²) < 4.78 is 6.98. The van der Waals surface area contributed by atoms with Gasteiger partial charge in [-0.05, 0) is 94.5 Å². The summed E-state index contributed by atoms with van der Waals surface area (Å²) in [6.45, 7) is 0. The van der Waals surface area contributed by atoms with Crippen LogP contribution in [0, 0.1) is 0 Å². The standard InChI is InChI=1S/C69H44N6/c1-3-19-45(20-4-1)47-38-40-65(74-62-34-14-9-29-55(62)56-30-10-15-35-63(56)74)59(43-47)49-23-17-24-50(41-49)67-70-68(51-25-18-26-52(42-51)73-60-32-12-7-27-53(60)54-28-8-13-33-61(54)73)72-69(71-67)75-64-36-16-11-31-57(64)58-39-37-48(44-66(58)75)46-21-5-2-6-22-46/h1-44H. The van der Waals surface area contributed by atoms with E-state index < -0.39 is 0 Å². The van der Waals surface area contributed by atoms with Crippen LogP contribution >= 0.6 is 0 Å². The molecule has 0 fully saturated rings. The molecular formula is C69H44N6. The second-order valence-electron chi connectivity index (χ2n) is 19.2. The van der Waals surface area contributed by atoms with E-state index in [-0.39, 0.29) is 0 Å².